The molecule has 1 aliphatic rings. The van der Waals surface area contributed by atoms with Crippen molar-refractivity contribution in [1.82, 2.24) is 10.6 Å². The molecule has 0 radical (unpaired) electrons. The minimum atomic E-state index is -0.668. The Bertz CT molecular complexity index is 777. The maximum Gasteiger partial charge on any atom is 0.349 e. The molecule has 0 unspecified atom stereocenters. The Morgan fingerprint density at radius 2 is 1.86 bits per heavy atom. The van der Waals surface area contributed by atoms with Gasteiger partial charge in [0.25, 0.3) is 5.91 Å². The highest BCUT2D eigenvalue weighted by atomic mass is 16.4. The van der Waals surface area contributed by atoms with Crippen LogP contribution < -0.4 is 16.3 Å². The summed E-state index contributed by atoms with van der Waals surface area (Å²) in [7, 11) is 0. The molecule has 2 amide bonds. The molecule has 0 bridgehead atoms. The van der Waals surface area contributed by atoms with Crippen LogP contribution in [-0.2, 0) is 4.79 Å². The van der Waals surface area contributed by atoms with Gasteiger partial charge < -0.3 is 15.1 Å². The smallest absolute Gasteiger partial charge is 0.349 e. The summed E-state index contributed by atoms with van der Waals surface area (Å²) < 4.78 is 5.11. The van der Waals surface area contributed by atoms with E-state index in [-0.39, 0.29) is 23.9 Å². The van der Waals surface area contributed by atoms with Gasteiger partial charge in [0.15, 0.2) is 0 Å². The van der Waals surface area contributed by atoms with Crippen LogP contribution in [0.3, 0.4) is 0 Å². The van der Waals surface area contributed by atoms with Crippen molar-refractivity contribution in [1.29, 1.82) is 0 Å². The quantitative estimate of drug-likeness (QED) is 0.638. The fraction of sp³-hybridized carbons (Fsp3) is 0.312. The standard InChI is InChI=1S/C16H16N2O4/c19-14(10-5-6-10)17-7-8-18-15(20)12-9-11-3-1-2-4-13(11)22-16(12)21/h1-4,9-10H,5-8H2,(H,17,19)(H,18,20). The minimum Gasteiger partial charge on any atom is -0.422 e. The number of hydrogen-bond donors (Lipinski definition) is 2. The normalized spacial score (nSPS) is 13.8. The maximum atomic E-state index is 12.0. The molecule has 1 fully saturated rings. The molecule has 114 valence electrons. The molecule has 1 aromatic carbocycles. The second-order valence-corrected chi connectivity index (χ2v) is 5.31. The fourth-order valence-electron chi connectivity index (χ4n) is 2.17. The lowest BCUT2D eigenvalue weighted by Crippen LogP contribution is -2.36. The van der Waals surface area contributed by atoms with E-state index in [1.165, 1.54) is 6.07 Å². The van der Waals surface area contributed by atoms with E-state index < -0.39 is 11.5 Å². The Morgan fingerprint density at radius 1 is 1.14 bits per heavy atom. The molecular formula is C16H16N2O4. The van der Waals surface area contributed by atoms with Gasteiger partial charge in [0.05, 0.1) is 0 Å². The lowest BCUT2D eigenvalue weighted by Gasteiger charge is -2.06. The predicted octanol–water partition coefficient (Wildman–Crippen LogP) is 1.05. The van der Waals surface area contributed by atoms with E-state index in [2.05, 4.69) is 10.6 Å². The van der Waals surface area contributed by atoms with E-state index in [1.807, 2.05) is 0 Å². The third kappa shape index (κ3) is 3.16. The van der Waals surface area contributed by atoms with Crippen LogP contribution in [-0.4, -0.2) is 24.9 Å². The zero-order valence-corrected chi connectivity index (χ0v) is 11.9. The Kier molecular flexibility index (Phi) is 3.91. The van der Waals surface area contributed by atoms with Crippen LogP contribution in [0.5, 0.6) is 0 Å². The van der Waals surface area contributed by atoms with Gasteiger partial charge in [-0.2, -0.15) is 0 Å². The van der Waals surface area contributed by atoms with Gasteiger partial charge in [-0.25, -0.2) is 4.79 Å². The summed E-state index contributed by atoms with van der Waals surface area (Å²) in [6.45, 7) is 0.615. The molecule has 1 aliphatic carbocycles. The van der Waals surface area contributed by atoms with Crippen LogP contribution in [0.2, 0.25) is 0 Å². The monoisotopic (exact) mass is 300 g/mol. The van der Waals surface area contributed by atoms with Crippen molar-refractivity contribution in [2.24, 2.45) is 5.92 Å². The van der Waals surface area contributed by atoms with Gasteiger partial charge in [-0.3, -0.25) is 9.59 Å². The molecule has 22 heavy (non-hydrogen) atoms. The number of benzene rings is 1. The molecule has 1 saturated carbocycles. The summed E-state index contributed by atoms with van der Waals surface area (Å²) in [5.74, 6) is -0.331. The number of carbonyl (C=O) groups excluding carboxylic acids is 2. The second kappa shape index (κ2) is 6.01. The third-order valence-electron chi connectivity index (χ3n) is 3.54. The Hall–Kier alpha value is -2.63. The number of amides is 2. The molecule has 3 rings (SSSR count). The molecule has 0 saturated heterocycles. The van der Waals surface area contributed by atoms with Crippen LogP contribution in [0.15, 0.2) is 39.5 Å². The maximum absolute atomic E-state index is 12.0. The first-order valence-corrected chi connectivity index (χ1v) is 7.24. The highest BCUT2D eigenvalue weighted by Gasteiger charge is 2.29. The van der Waals surface area contributed by atoms with Gasteiger partial charge in [-0.15, -0.1) is 0 Å². The van der Waals surface area contributed by atoms with Crippen molar-refractivity contribution in [3.8, 4) is 0 Å². The van der Waals surface area contributed by atoms with Crippen molar-refractivity contribution in [3.05, 3.63) is 46.3 Å². The molecule has 1 aromatic heterocycles. The molecule has 2 aromatic rings. The molecule has 2 N–H and O–H groups in total. The zero-order chi connectivity index (χ0) is 15.5. The summed E-state index contributed by atoms with van der Waals surface area (Å²) in [6, 6.07) is 8.51. The SMILES string of the molecule is O=C(NCCNC(=O)C1CC1)c1cc2ccccc2oc1=O. The Labute approximate surface area is 126 Å². The number of rotatable bonds is 5. The molecule has 0 spiro atoms. The van der Waals surface area contributed by atoms with Crippen LogP contribution in [0.4, 0.5) is 0 Å². The van der Waals surface area contributed by atoms with E-state index in [4.69, 9.17) is 4.42 Å². The first kappa shape index (κ1) is 14.3. The first-order valence-electron chi connectivity index (χ1n) is 7.24. The highest BCUT2D eigenvalue weighted by molar-refractivity contribution is 5.96. The molecule has 6 heteroatoms. The first-order chi connectivity index (χ1) is 10.6. The van der Waals surface area contributed by atoms with Crippen molar-refractivity contribution in [3.63, 3.8) is 0 Å². The zero-order valence-electron chi connectivity index (χ0n) is 11.9. The number of carbonyl (C=O) groups is 2. The average Bonchev–Trinajstić information content (AvgIpc) is 3.35. The van der Waals surface area contributed by atoms with Crippen LogP contribution in [0, 0.1) is 5.92 Å². The van der Waals surface area contributed by atoms with E-state index in [1.54, 1.807) is 24.3 Å². The van der Waals surface area contributed by atoms with Crippen LogP contribution >= 0.6 is 0 Å². The highest BCUT2D eigenvalue weighted by Crippen LogP contribution is 2.28. The van der Waals surface area contributed by atoms with Crippen LogP contribution in [0.25, 0.3) is 11.0 Å². The third-order valence-corrected chi connectivity index (χ3v) is 3.54. The van der Waals surface area contributed by atoms with Gasteiger partial charge in [0.2, 0.25) is 5.91 Å². The fourth-order valence-corrected chi connectivity index (χ4v) is 2.17. The Morgan fingerprint density at radius 3 is 2.64 bits per heavy atom. The second-order valence-electron chi connectivity index (χ2n) is 5.31. The van der Waals surface area contributed by atoms with Crippen molar-refractivity contribution >= 4 is 22.8 Å². The van der Waals surface area contributed by atoms with Crippen molar-refractivity contribution < 1.29 is 14.0 Å². The lowest BCUT2D eigenvalue weighted by atomic mass is 10.2. The summed E-state index contributed by atoms with van der Waals surface area (Å²) >= 11 is 0. The lowest BCUT2D eigenvalue weighted by molar-refractivity contribution is -0.122. The number of para-hydroxylation sites is 1. The van der Waals surface area contributed by atoms with Gasteiger partial charge in [0.1, 0.15) is 11.1 Å². The van der Waals surface area contributed by atoms with Gasteiger partial charge in [0, 0.05) is 24.4 Å². The van der Waals surface area contributed by atoms with Gasteiger partial charge >= 0.3 is 5.63 Å². The summed E-state index contributed by atoms with van der Waals surface area (Å²) in [5.41, 5.74) is -0.258. The van der Waals surface area contributed by atoms with E-state index >= 15 is 0 Å². The molecule has 1 heterocycles. The molecule has 0 aliphatic heterocycles. The topological polar surface area (TPSA) is 88.4 Å². The van der Waals surface area contributed by atoms with Gasteiger partial charge in [-0.1, -0.05) is 18.2 Å². The van der Waals surface area contributed by atoms with E-state index in [0.29, 0.717) is 17.5 Å². The number of nitrogens with one attached hydrogen (secondary N) is 2. The molecule has 6 nitrogen and oxygen atoms in total. The summed E-state index contributed by atoms with van der Waals surface area (Å²) in [4.78, 5) is 35.3. The van der Waals surface area contributed by atoms with Crippen molar-refractivity contribution in [2.75, 3.05) is 13.1 Å². The Balaban J connectivity index is 1.60. The summed E-state index contributed by atoms with van der Waals surface area (Å²) in [5, 5.41) is 6.04. The van der Waals surface area contributed by atoms with Crippen LogP contribution in [0.1, 0.15) is 23.2 Å². The minimum absolute atomic E-state index is 0.0273. The number of hydrogen-bond acceptors (Lipinski definition) is 4. The van der Waals surface area contributed by atoms with Crippen molar-refractivity contribution in [2.45, 2.75) is 12.8 Å². The predicted molar refractivity (Wildman–Crippen MR) is 80.6 cm³/mol. The van der Waals surface area contributed by atoms with E-state index in [0.717, 1.165) is 12.8 Å². The largest absolute Gasteiger partial charge is 0.422 e. The molecule has 0 atom stereocenters. The molecular weight excluding hydrogens is 284 g/mol. The average molecular weight is 300 g/mol. The number of fused-ring (bicyclic) bond motifs is 1. The summed E-state index contributed by atoms with van der Waals surface area (Å²) in [6.07, 6.45) is 1.88. The van der Waals surface area contributed by atoms with E-state index in [9.17, 15) is 14.4 Å². The van der Waals surface area contributed by atoms with Gasteiger partial charge in [-0.05, 0) is 25.0 Å².